The molecule has 2 aromatic rings. The second-order valence-corrected chi connectivity index (χ2v) is 5.98. The fraction of sp³-hybridized carbons (Fsp3) is 0.312. The zero-order valence-corrected chi connectivity index (χ0v) is 12.2. The van der Waals surface area contributed by atoms with Crippen LogP contribution in [-0.4, -0.2) is 10.1 Å². The van der Waals surface area contributed by atoms with Crippen molar-refractivity contribution >= 4 is 15.9 Å². The van der Waals surface area contributed by atoms with Gasteiger partial charge >= 0.3 is 0 Å². The van der Waals surface area contributed by atoms with E-state index >= 15 is 0 Å². The maximum Gasteiger partial charge on any atom is 0.121 e. The van der Waals surface area contributed by atoms with Gasteiger partial charge in [0.1, 0.15) is 6.10 Å². The van der Waals surface area contributed by atoms with Gasteiger partial charge in [-0.2, -0.15) is 0 Å². The van der Waals surface area contributed by atoms with Gasteiger partial charge in [0, 0.05) is 10.7 Å². The van der Waals surface area contributed by atoms with Crippen molar-refractivity contribution in [2.45, 2.75) is 31.3 Å². The molecule has 2 nitrogen and oxygen atoms in total. The van der Waals surface area contributed by atoms with Crippen LogP contribution >= 0.6 is 15.9 Å². The van der Waals surface area contributed by atoms with Crippen LogP contribution in [0.2, 0.25) is 0 Å². The molecule has 1 aliphatic rings. The van der Waals surface area contributed by atoms with Crippen molar-refractivity contribution in [2.75, 3.05) is 0 Å². The lowest BCUT2D eigenvalue weighted by Crippen LogP contribution is -2.14. The molecule has 0 spiro atoms. The molecule has 0 aliphatic heterocycles. The van der Waals surface area contributed by atoms with Crippen molar-refractivity contribution in [2.24, 2.45) is 0 Å². The molecular formula is C16H16BrNO. The van der Waals surface area contributed by atoms with Gasteiger partial charge in [-0.15, -0.1) is 0 Å². The number of benzene rings is 1. The molecule has 1 saturated carbocycles. The van der Waals surface area contributed by atoms with Crippen LogP contribution in [0.25, 0.3) is 0 Å². The van der Waals surface area contributed by atoms with E-state index in [1.54, 1.807) is 6.20 Å². The number of hydrogen-bond donors (Lipinski definition) is 1. The molecule has 1 fully saturated rings. The lowest BCUT2D eigenvalue weighted by atomic mass is 9.77. The SMILES string of the molecule is OC(c1ccc(Br)cn1)c1ccccc1C1CCC1. The topological polar surface area (TPSA) is 33.1 Å². The van der Waals surface area contributed by atoms with Crippen molar-refractivity contribution in [3.05, 3.63) is 63.9 Å². The first-order valence-electron chi connectivity index (χ1n) is 6.64. The van der Waals surface area contributed by atoms with Gasteiger partial charge in [-0.3, -0.25) is 4.98 Å². The smallest absolute Gasteiger partial charge is 0.121 e. The standard InChI is InChI=1S/C16H16BrNO/c17-12-8-9-15(18-10-12)16(19)14-7-2-1-6-13(14)11-4-3-5-11/h1-2,6-11,16,19H,3-5H2. The van der Waals surface area contributed by atoms with E-state index in [4.69, 9.17) is 0 Å². The molecule has 3 rings (SSSR count). The average Bonchev–Trinajstić information content (AvgIpc) is 2.37. The van der Waals surface area contributed by atoms with Crippen LogP contribution in [0.5, 0.6) is 0 Å². The molecule has 0 saturated heterocycles. The largest absolute Gasteiger partial charge is 0.382 e. The molecule has 1 aromatic carbocycles. The third kappa shape index (κ3) is 2.58. The third-order valence-corrected chi connectivity index (χ3v) is 4.34. The highest BCUT2D eigenvalue weighted by atomic mass is 79.9. The third-order valence-electron chi connectivity index (χ3n) is 3.87. The first-order chi connectivity index (χ1) is 9.25. The number of rotatable bonds is 3. The zero-order valence-electron chi connectivity index (χ0n) is 10.6. The first kappa shape index (κ1) is 12.8. The van der Waals surface area contributed by atoms with Crippen LogP contribution in [0.3, 0.4) is 0 Å². The summed E-state index contributed by atoms with van der Waals surface area (Å²) >= 11 is 3.36. The fourth-order valence-corrected chi connectivity index (χ4v) is 2.79. The number of nitrogens with zero attached hydrogens (tertiary/aromatic N) is 1. The van der Waals surface area contributed by atoms with Gasteiger partial charge in [0.2, 0.25) is 0 Å². The van der Waals surface area contributed by atoms with Gasteiger partial charge < -0.3 is 5.11 Å². The highest BCUT2D eigenvalue weighted by Gasteiger charge is 2.25. The fourth-order valence-electron chi connectivity index (χ4n) is 2.56. The van der Waals surface area contributed by atoms with Crippen LogP contribution in [0, 0.1) is 0 Å². The predicted octanol–water partition coefficient (Wildman–Crippen LogP) is 4.19. The maximum absolute atomic E-state index is 10.6. The summed E-state index contributed by atoms with van der Waals surface area (Å²) in [6, 6.07) is 12.0. The van der Waals surface area contributed by atoms with Crippen LogP contribution in [0.1, 0.15) is 48.1 Å². The molecule has 1 N–H and O–H groups in total. The van der Waals surface area contributed by atoms with Crippen LogP contribution < -0.4 is 0 Å². The lowest BCUT2D eigenvalue weighted by Gasteiger charge is -2.29. The van der Waals surface area contributed by atoms with Crippen LogP contribution in [0.15, 0.2) is 47.1 Å². The van der Waals surface area contributed by atoms with E-state index in [1.165, 1.54) is 24.8 Å². The Morgan fingerprint density at radius 2 is 1.95 bits per heavy atom. The van der Waals surface area contributed by atoms with E-state index in [0.29, 0.717) is 11.6 Å². The molecule has 0 radical (unpaired) electrons. The van der Waals surface area contributed by atoms with Gasteiger partial charge in [0.05, 0.1) is 5.69 Å². The van der Waals surface area contributed by atoms with Gasteiger partial charge in [0.15, 0.2) is 0 Å². The number of halogens is 1. The quantitative estimate of drug-likeness (QED) is 0.920. The van der Waals surface area contributed by atoms with Gasteiger partial charge in [-0.05, 0) is 57.9 Å². The van der Waals surface area contributed by atoms with Crippen molar-refractivity contribution in [1.82, 2.24) is 4.98 Å². The van der Waals surface area contributed by atoms with E-state index in [0.717, 1.165) is 10.0 Å². The average molecular weight is 318 g/mol. The summed E-state index contributed by atoms with van der Waals surface area (Å²) < 4.78 is 0.927. The Morgan fingerprint density at radius 3 is 2.58 bits per heavy atom. The monoisotopic (exact) mass is 317 g/mol. The minimum Gasteiger partial charge on any atom is -0.382 e. The summed E-state index contributed by atoms with van der Waals surface area (Å²) in [6.07, 6.45) is 4.86. The summed E-state index contributed by atoms with van der Waals surface area (Å²) in [5, 5.41) is 10.6. The molecule has 1 aromatic heterocycles. The second kappa shape index (κ2) is 5.43. The Kier molecular flexibility index (Phi) is 3.67. The molecule has 0 bridgehead atoms. The minimum atomic E-state index is -0.634. The molecule has 0 amide bonds. The van der Waals surface area contributed by atoms with Crippen LogP contribution in [-0.2, 0) is 0 Å². The van der Waals surface area contributed by atoms with Crippen molar-refractivity contribution < 1.29 is 5.11 Å². The summed E-state index contributed by atoms with van der Waals surface area (Å²) in [4.78, 5) is 4.30. The zero-order chi connectivity index (χ0) is 13.2. The molecule has 1 heterocycles. The van der Waals surface area contributed by atoms with E-state index in [-0.39, 0.29) is 0 Å². The predicted molar refractivity (Wildman–Crippen MR) is 79.0 cm³/mol. The Bertz CT molecular complexity index is 563. The van der Waals surface area contributed by atoms with Gasteiger partial charge in [0.25, 0.3) is 0 Å². The second-order valence-electron chi connectivity index (χ2n) is 5.06. The number of aliphatic hydroxyl groups is 1. The summed E-state index contributed by atoms with van der Waals surface area (Å²) in [7, 11) is 0. The molecule has 98 valence electrons. The lowest BCUT2D eigenvalue weighted by molar-refractivity contribution is 0.212. The maximum atomic E-state index is 10.6. The number of pyridine rings is 1. The first-order valence-corrected chi connectivity index (χ1v) is 7.43. The molecule has 3 heteroatoms. The number of aromatic nitrogens is 1. The Balaban J connectivity index is 1.94. The summed E-state index contributed by atoms with van der Waals surface area (Å²) in [5.74, 6) is 0.612. The van der Waals surface area contributed by atoms with E-state index in [1.807, 2.05) is 24.3 Å². The van der Waals surface area contributed by atoms with Crippen LogP contribution in [0.4, 0.5) is 0 Å². The summed E-state index contributed by atoms with van der Waals surface area (Å²) in [5.41, 5.74) is 2.99. The molecular weight excluding hydrogens is 302 g/mol. The summed E-state index contributed by atoms with van der Waals surface area (Å²) in [6.45, 7) is 0. The number of aliphatic hydroxyl groups excluding tert-OH is 1. The highest BCUT2D eigenvalue weighted by Crippen LogP contribution is 2.40. The van der Waals surface area contributed by atoms with Gasteiger partial charge in [-0.25, -0.2) is 0 Å². The molecule has 1 atom stereocenters. The molecule has 1 unspecified atom stereocenters. The Labute approximate surface area is 121 Å². The van der Waals surface area contributed by atoms with Crippen molar-refractivity contribution in [3.63, 3.8) is 0 Å². The highest BCUT2D eigenvalue weighted by molar-refractivity contribution is 9.10. The Hall–Kier alpha value is -1.19. The van der Waals surface area contributed by atoms with Gasteiger partial charge in [-0.1, -0.05) is 30.7 Å². The van der Waals surface area contributed by atoms with E-state index in [9.17, 15) is 5.11 Å². The number of hydrogen-bond acceptors (Lipinski definition) is 2. The normalized spacial score (nSPS) is 16.9. The minimum absolute atomic E-state index is 0.612. The van der Waals surface area contributed by atoms with E-state index < -0.39 is 6.10 Å². The Morgan fingerprint density at radius 1 is 1.16 bits per heavy atom. The molecule has 19 heavy (non-hydrogen) atoms. The molecule has 1 aliphatic carbocycles. The van der Waals surface area contributed by atoms with Crippen molar-refractivity contribution in [1.29, 1.82) is 0 Å². The van der Waals surface area contributed by atoms with E-state index in [2.05, 4.69) is 33.0 Å². The van der Waals surface area contributed by atoms with Crippen molar-refractivity contribution in [3.8, 4) is 0 Å².